The van der Waals surface area contributed by atoms with Gasteiger partial charge in [-0.3, -0.25) is 4.79 Å². The fourth-order valence-corrected chi connectivity index (χ4v) is 2.99. The molecule has 1 N–H and O–H groups in total. The molecule has 144 valence electrons. The molecule has 0 aliphatic rings. The van der Waals surface area contributed by atoms with Crippen molar-refractivity contribution < 1.29 is 9.21 Å². The number of aryl methyl sites for hydroxylation is 3. The number of carbonyl (C=O) groups is 1. The molecule has 0 saturated carbocycles. The first-order chi connectivity index (χ1) is 14.0. The maximum Gasteiger partial charge on any atom is 0.262 e. The monoisotopic (exact) mass is 383 g/mol. The topological polar surface area (TPSA) is 67.5 Å². The minimum Gasteiger partial charge on any atom is -0.438 e. The first-order valence-corrected chi connectivity index (χ1v) is 9.38. The summed E-state index contributed by atoms with van der Waals surface area (Å²) in [5.74, 6) is 0.159. The first kappa shape index (κ1) is 18.6. The van der Waals surface area contributed by atoms with Crippen molar-refractivity contribution in [2.75, 3.05) is 5.32 Å². The summed E-state index contributed by atoms with van der Waals surface area (Å²) in [4.78, 5) is 22.0. The van der Waals surface area contributed by atoms with Crippen LogP contribution in [0.1, 0.15) is 27.0 Å². The van der Waals surface area contributed by atoms with E-state index in [1.54, 1.807) is 18.3 Å². The number of nitrogens with zero attached hydrogens (tertiary/aromatic N) is 2. The van der Waals surface area contributed by atoms with Gasteiger partial charge in [-0.2, -0.15) is 0 Å². The molecule has 4 aromatic rings. The van der Waals surface area contributed by atoms with E-state index in [1.165, 1.54) is 0 Å². The Labute approximate surface area is 168 Å². The van der Waals surface area contributed by atoms with E-state index in [9.17, 15) is 4.79 Å². The van der Waals surface area contributed by atoms with Crippen LogP contribution < -0.4 is 10.9 Å². The van der Waals surface area contributed by atoms with Crippen LogP contribution in [-0.2, 0) is 0 Å². The van der Waals surface area contributed by atoms with Gasteiger partial charge in [0.1, 0.15) is 17.0 Å². The predicted molar refractivity (Wildman–Crippen MR) is 114 cm³/mol. The van der Waals surface area contributed by atoms with Gasteiger partial charge in [-0.05, 0) is 61.7 Å². The summed E-state index contributed by atoms with van der Waals surface area (Å²) in [5.41, 5.74) is 5.17. The van der Waals surface area contributed by atoms with Crippen LogP contribution in [0.5, 0.6) is 0 Å². The van der Waals surface area contributed by atoms with E-state index in [1.807, 2.05) is 69.3 Å². The Morgan fingerprint density at radius 1 is 0.966 bits per heavy atom. The van der Waals surface area contributed by atoms with Gasteiger partial charge < -0.3 is 9.73 Å². The quantitative estimate of drug-likeness (QED) is 0.526. The van der Waals surface area contributed by atoms with Crippen molar-refractivity contribution in [3.05, 3.63) is 94.7 Å². The van der Waals surface area contributed by atoms with Crippen molar-refractivity contribution in [2.45, 2.75) is 20.8 Å². The van der Waals surface area contributed by atoms with Crippen LogP contribution in [0, 0.1) is 20.8 Å². The molecule has 0 spiro atoms. The third kappa shape index (κ3) is 4.09. The van der Waals surface area contributed by atoms with E-state index in [0.29, 0.717) is 17.0 Å². The van der Waals surface area contributed by atoms with E-state index in [2.05, 4.69) is 15.3 Å². The minimum absolute atomic E-state index is 0.266. The highest BCUT2D eigenvalue weighted by molar-refractivity contribution is 6.04. The van der Waals surface area contributed by atoms with E-state index in [0.717, 1.165) is 27.8 Å². The molecule has 0 radical (unpaired) electrons. The first-order valence-electron chi connectivity index (χ1n) is 9.38. The number of benzene rings is 2. The average Bonchev–Trinajstić information content (AvgIpc) is 2.72. The number of aromatic nitrogens is 1. The van der Waals surface area contributed by atoms with Gasteiger partial charge in [-0.15, -0.1) is 0 Å². The van der Waals surface area contributed by atoms with Gasteiger partial charge in [0.2, 0.25) is 5.55 Å². The molecule has 29 heavy (non-hydrogen) atoms. The zero-order valence-corrected chi connectivity index (χ0v) is 16.6. The van der Waals surface area contributed by atoms with Crippen LogP contribution in [0.3, 0.4) is 0 Å². The van der Waals surface area contributed by atoms with Crippen molar-refractivity contribution in [2.24, 2.45) is 4.99 Å². The number of carbonyl (C=O) groups excluding carboxylic acids is 1. The van der Waals surface area contributed by atoms with Gasteiger partial charge in [-0.25, -0.2) is 9.98 Å². The standard InChI is InChI=1S/C24H21N3O2/c1-15-8-10-17(3)20(12-15)26-24-19(13-18-6-4-5-7-21(18)29-24)23(28)27-22-11-9-16(2)14-25-22/h4-14H,1-3H3,(H,25,27,28). The highest BCUT2D eigenvalue weighted by atomic mass is 16.3. The molecule has 2 aromatic heterocycles. The van der Waals surface area contributed by atoms with Crippen LogP contribution in [0.15, 0.2) is 76.3 Å². The SMILES string of the molecule is Cc1ccc(NC(=O)c2cc3ccccc3oc2=Nc2cc(C)ccc2C)nc1. The van der Waals surface area contributed by atoms with Crippen LogP contribution >= 0.6 is 0 Å². The Morgan fingerprint density at radius 2 is 1.76 bits per heavy atom. The average molecular weight is 383 g/mol. The number of hydrogen-bond acceptors (Lipinski definition) is 4. The molecule has 0 unspecified atom stereocenters. The Kier molecular flexibility index (Phi) is 4.96. The third-order valence-electron chi connectivity index (χ3n) is 4.64. The molecule has 0 aliphatic carbocycles. The number of rotatable bonds is 3. The fourth-order valence-electron chi connectivity index (χ4n) is 2.99. The van der Waals surface area contributed by atoms with Gasteiger partial charge in [-0.1, -0.05) is 36.4 Å². The number of hydrogen-bond donors (Lipinski definition) is 1. The molecular formula is C24H21N3O2. The summed E-state index contributed by atoms with van der Waals surface area (Å²) in [6.45, 7) is 5.93. The van der Waals surface area contributed by atoms with E-state index in [4.69, 9.17) is 4.42 Å². The molecule has 2 heterocycles. The molecule has 0 aliphatic heterocycles. The van der Waals surface area contributed by atoms with Crippen LogP contribution in [0.25, 0.3) is 11.0 Å². The number of amides is 1. The summed E-state index contributed by atoms with van der Waals surface area (Å²) in [6, 6.07) is 19.0. The minimum atomic E-state index is -0.320. The Morgan fingerprint density at radius 3 is 2.55 bits per heavy atom. The molecule has 2 aromatic carbocycles. The van der Waals surface area contributed by atoms with Gasteiger partial charge >= 0.3 is 0 Å². The molecule has 0 saturated heterocycles. The second-order valence-electron chi connectivity index (χ2n) is 7.08. The largest absolute Gasteiger partial charge is 0.438 e. The summed E-state index contributed by atoms with van der Waals surface area (Å²) < 4.78 is 6.02. The number of anilines is 1. The number of pyridine rings is 1. The molecule has 5 nitrogen and oxygen atoms in total. The predicted octanol–water partition coefficient (Wildman–Crippen LogP) is 5.24. The molecule has 0 fully saturated rings. The molecular weight excluding hydrogens is 362 g/mol. The van der Waals surface area contributed by atoms with Crippen molar-refractivity contribution in [1.82, 2.24) is 4.98 Å². The van der Waals surface area contributed by atoms with Crippen molar-refractivity contribution >= 4 is 28.4 Å². The summed E-state index contributed by atoms with van der Waals surface area (Å²) in [6.07, 6.45) is 1.71. The molecule has 0 atom stereocenters. The van der Waals surface area contributed by atoms with E-state index in [-0.39, 0.29) is 11.5 Å². The molecule has 4 rings (SSSR count). The van der Waals surface area contributed by atoms with Gasteiger partial charge in [0.05, 0.1) is 5.69 Å². The van der Waals surface area contributed by atoms with E-state index < -0.39 is 0 Å². The summed E-state index contributed by atoms with van der Waals surface area (Å²) in [7, 11) is 0. The Balaban J connectivity index is 1.86. The molecule has 1 amide bonds. The number of fused-ring (bicyclic) bond motifs is 1. The van der Waals surface area contributed by atoms with Crippen molar-refractivity contribution in [3.63, 3.8) is 0 Å². The number of nitrogens with one attached hydrogen (secondary N) is 1. The lowest BCUT2D eigenvalue weighted by Gasteiger charge is -2.07. The van der Waals surface area contributed by atoms with E-state index >= 15 is 0 Å². The van der Waals surface area contributed by atoms with Gasteiger partial charge in [0.25, 0.3) is 5.91 Å². The number of para-hydroxylation sites is 1. The highest BCUT2D eigenvalue weighted by Gasteiger charge is 2.14. The summed E-state index contributed by atoms with van der Waals surface area (Å²) >= 11 is 0. The fraction of sp³-hybridized carbons (Fsp3) is 0.125. The second kappa shape index (κ2) is 7.72. The Hall–Kier alpha value is -3.73. The lowest BCUT2D eigenvalue weighted by molar-refractivity contribution is 0.102. The third-order valence-corrected chi connectivity index (χ3v) is 4.64. The zero-order valence-electron chi connectivity index (χ0n) is 16.6. The molecule has 5 heteroatoms. The smallest absolute Gasteiger partial charge is 0.262 e. The van der Waals surface area contributed by atoms with Gasteiger partial charge in [0.15, 0.2) is 0 Å². The van der Waals surface area contributed by atoms with Crippen LogP contribution in [0.4, 0.5) is 11.5 Å². The van der Waals surface area contributed by atoms with Crippen LogP contribution in [0.2, 0.25) is 0 Å². The second-order valence-corrected chi connectivity index (χ2v) is 7.08. The van der Waals surface area contributed by atoms with Crippen molar-refractivity contribution in [3.8, 4) is 0 Å². The maximum absolute atomic E-state index is 13.0. The van der Waals surface area contributed by atoms with Gasteiger partial charge in [0, 0.05) is 11.6 Å². The Bertz CT molecular complexity index is 1270. The summed E-state index contributed by atoms with van der Waals surface area (Å²) in [5, 5.41) is 3.66. The maximum atomic E-state index is 13.0. The highest BCUT2D eigenvalue weighted by Crippen LogP contribution is 2.20. The lowest BCUT2D eigenvalue weighted by Crippen LogP contribution is -2.22. The zero-order chi connectivity index (χ0) is 20.4. The lowest BCUT2D eigenvalue weighted by atomic mass is 10.1. The molecule has 0 bridgehead atoms. The van der Waals surface area contributed by atoms with Crippen molar-refractivity contribution in [1.29, 1.82) is 0 Å². The van der Waals surface area contributed by atoms with Crippen LogP contribution in [-0.4, -0.2) is 10.9 Å². The normalized spacial score (nSPS) is 11.6.